The second-order valence-electron chi connectivity index (χ2n) is 10.4. The highest BCUT2D eigenvalue weighted by molar-refractivity contribution is 5.81. The van der Waals surface area contributed by atoms with Crippen molar-refractivity contribution in [1.82, 2.24) is 14.7 Å². The first-order valence-electron chi connectivity index (χ1n) is 13.5. The van der Waals surface area contributed by atoms with E-state index in [0.717, 1.165) is 31.6 Å². The number of likely N-dealkylation sites (tertiary alicyclic amines) is 1. The van der Waals surface area contributed by atoms with Crippen molar-refractivity contribution >= 4 is 17.7 Å². The Labute approximate surface area is 204 Å². The third-order valence-electron chi connectivity index (χ3n) is 8.10. The topological polar surface area (TPSA) is 60.9 Å². The zero-order valence-corrected chi connectivity index (χ0v) is 20.6. The number of carbonyl (C=O) groups is 3. The maximum Gasteiger partial charge on any atom is 0.225 e. The van der Waals surface area contributed by atoms with Crippen LogP contribution < -0.4 is 0 Å². The Morgan fingerprint density at radius 3 is 1.94 bits per heavy atom. The summed E-state index contributed by atoms with van der Waals surface area (Å²) in [6.07, 6.45) is 11.0. The van der Waals surface area contributed by atoms with Gasteiger partial charge in [-0.3, -0.25) is 14.4 Å². The van der Waals surface area contributed by atoms with Crippen molar-refractivity contribution in [2.75, 3.05) is 39.3 Å². The van der Waals surface area contributed by atoms with Crippen molar-refractivity contribution in [3.63, 3.8) is 0 Å². The van der Waals surface area contributed by atoms with E-state index < -0.39 is 0 Å². The molecule has 0 aromatic heterocycles. The van der Waals surface area contributed by atoms with E-state index in [2.05, 4.69) is 12.1 Å². The normalized spacial score (nSPS) is 20.4. The van der Waals surface area contributed by atoms with Crippen molar-refractivity contribution in [1.29, 1.82) is 0 Å². The van der Waals surface area contributed by atoms with Crippen LogP contribution in [0.3, 0.4) is 0 Å². The molecule has 1 aromatic carbocycles. The van der Waals surface area contributed by atoms with Gasteiger partial charge < -0.3 is 14.7 Å². The average Bonchev–Trinajstić information content (AvgIpc) is 2.91. The maximum absolute atomic E-state index is 13.1. The van der Waals surface area contributed by atoms with Gasteiger partial charge in [0.25, 0.3) is 0 Å². The zero-order chi connectivity index (χ0) is 23.8. The molecule has 1 aliphatic carbocycles. The zero-order valence-electron chi connectivity index (χ0n) is 20.6. The summed E-state index contributed by atoms with van der Waals surface area (Å²) < 4.78 is 0. The molecule has 1 aromatic rings. The summed E-state index contributed by atoms with van der Waals surface area (Å²) in [6, 6.07) is 10.1. The van der Waals surface area contributed by atoms with Gasteiger partial charge in [0.05, 0.1) is 0 Å². The molecule has 3 amide bonds. The van der Waals surface area contributed by atoms with Crippen molar-refractivity contribution < 1.29 is 14.4 Å². The van der Waals surface area contributed by atoms with Crippen LogP contribution in [-0.2, 0) is 20.8 Å². The van der Waals surface area contributed by atoms with Gasteiger partial charge in [0.15, 0.2) is 0 Å². The molecule has 1 saturated carbocycles. The van der Waals surface area contributed by atoms with E-state index in [-0.39, 0.29) is 23.6 Å². The second kappa shape index (κ2) is 12.4. The highest BCUT2D eigenvalue weighted by Crippen LogP contribution is 2.28. The number of piperazine rings is 1. The van der Waals surface area contributed by atoms with E-state index in [1.54, 1.807) is 0 Å². The molecule has 0 atom stereocenters. The summed E-state index contributed by atoms with van der Waals surface area (Å²) in [5, 5.41) is 0. The van der Waals surface area contributed by atoms with Crippen LogP contribution in [0.1, 0.15) is 69.8 Å². The van der Waals surface area contributed by atoms with E-state index in [0.29, 0.717) is 52.1 Å². The van der Waals surface area contributed by atoms with Crippen LogP contribution in [0, 0.1) is 11.8 Å². The van der Waals surface area contributed by atoms with Gasteiger partial charge in [-0.1, -0.05) is 62.4 Å². The Kier molecular flexibility index (Phi) is 9.00. The van der Waals surface area contributed by atoms with Crippen LogP contribution in [0.25, 0.3) is 0 Å². The Bertz CT molecular complexity index is 805. The Hall–Kier alpha value is -2.37. The van der Waals surface area contributed by atoms with E-state index in [4.69, 9.17) is 0 Å². The minimum absolute atomic E-state index is 0.00623. The predicted molar refractivity (Wildman–Crippen MR) is 133 cm³/mol. The van der Waals surface area contributed by atoms with Gasteiger partial charge in [-0.2, -0.15) is 0 Å². The van der Waals surface area contributed by atoms with Crippen molar-refractivity contribution in [3.05, 3.63) is 35.9 Å². The number of aryl methyl sites for hydroxylation is 1. The molecule has 6 nitrogen and oxygen atoms in total. The first-order chi connectivity index (χ1) is 16.6. The number of piperidine rings is 1. The fourth-order valence-corrected chi connectivity index (χ4v) is 5.83. The summed E-state index contributed by atoms with van der Waals surface area (Å²) in [7, 11) is 0. The van der Waals surface area contributed by atoms with Crippen LogP contribution in [0.2, 0.25) is 0 Å². The molecular formula is C28H41N3O3. The number of nitrogens with zero attached hydrogens (tertiary/aromatic N) is 3. The summed E-state index contributed by atoms with van der Waals surface area (Å²) in [6.45, 7) is 3.94. The molecule has 0 bridgehead atoms. The van der Waals surface area contributed by atoms with E-state index in [9.17, 15) is 14.4 Å². The van der Waals surface area contributed by atoms with Crippen molar-refractivity contribution in [2.45, 2.75) is 70.6 Å². The quantitative estimate of drug-likeness (QED) is 0.611. The fourth-order valence-electron chi connectivity index (χ4n) is 5.83. The largest absolute Gasteiger partial charge is 0.343 e. The van der Waals surface area contributed by atoms with Gasteiger partial charge in [0, 0.05) is 58.0 Å². The van der Waals surface area contributed by atoms with E-state index >= 15 is 0 Å². The number of hydrogen-bond donors (Lipinski definition) is 0. The molecule has 0 N–H and O–H groups in total. The number of rotatable bonds is 7. The molecular weight excluding hydrogens is 426 g/mol. The van der Waals surface area contributed by atoms with Gasteiger partial charge in [-0.05, 0) is 37.2 Å². The first-order valence-corrected chi connectivity index (χ1v) is 13.5. The van der Waals surface area contributed by atoms with Gasteiger partial charge in [-0.25, -0.2) is 0 Å². The summed E-state index contributed by atoms with van der Waals surface area (Å²) in [5.41, 5.74) is 1.19. The van der Waals surface area contributed by atoms with E-state index in [1.165, 1.54) is 37.7 Å². The van der Waals surface area contributed by atoms with Crippen LogP contribution in [-0.4, -0.2) is 71.7 Å². The monoisotopic (exact) mass is 467 g/mol. The molecule has 2 saturated heterocycles. The lowest BCUT2D eigenvalue weighted by molar-refractivity contribution is -0.144. The van der Waals surface area contributed by atoms with Crippen molar-refractivity contribution in [2.24, 2.45) is 11.8 Å². The van der Waals surface area contributed by atoms with Gasteiger partial charge in [-0.15, -0.1) is 0 Å². The van der Waals surface area contributed by atoms with Gasteiger partial charge in [0.1, 0.15) is 0 Å². The lowest BCUT2D eigenvalue weighted by atomic mass is 9.86. The molecule has 34 heavy (non-hydrogen) atoms. The summed E-state index contributed by atoms with van der Waals surface area (Å²) in [5.74, 6) is 1.41. The molecule has 3 fully saturated rings. The first kappa shape index (κ1) is 24.7. The highest BCUT2D eigenvalue weighted by Gasteiger charge is 2.32. The third-order valence-corrected chi connectivity index (χ3v) is 8.10. The molecule has 2 aliphatic heterocycles. The van der Waals surface area contributed by atoms with Gasteiger partial charge >= 0.3 is 0 Å². The number of amides is 3. The predicted octanol–water partition coefficient (Wildman–Crippen LogP) is 3.89. The molecule has 0 radical (unpaired) electrons. The van der Waals surface area contributed by atoms with Crippen LogP contribution >= 0.6 is 0 Å². The SMILES string of the molecule is O=C(CCc1ccccc1)N1CCC(C(=O)N2CCN(C(=O)CCC3CCCCC3)CC2)CC1. The molecule has 6 heteroatoms. The Balaban J connectivity index is 1.13. The number of benzene rings is 1. The second-order valence-corrected chi connectivity index (χ2v) is 10.4. The maximum atomic E-state index is 13.1. The Morgan fingerprint density at radius 1 is 0.676 bits per heavy atom. The smallest absolute Gasteiger partial charge is 0.225 e. The summed E-state index contributed by atoms with van der Waals surface area (Å²) >= 11 is 0. The van der Waals surface area contributed by atoms with Gasteiger partial charge in [0.2, 0.25) is 17.7 Å². The molecule has 2 heterocycles. The number of hydrogen-bond acceptors (Lipinski definition) is 3. The Morgan fingerprint density at radius 2 is 1.26 bits per heavy atom. The van der Waals surface area contributed by atoms with E-state index in [1.807, 2.05) is 32.9 Å². The van der Waals surface area contributed by atoms with Crippen LogP contribution in [0.15, 0.2) is 30.3 Å². The van der Waals surface area contributed by atoms with Crippen LogP contribution in [0.4, 0.5) is 0 Å². The van der Waals surface area contributed by atoms with Crippen molar-refractivity contribution in [3.8, 4) is 0 Å². The molecule has 4 rings (SSSR count). The minimum atomic E-state index is 0.00623. The standard InChI is InChI=1S/C28H41N3O3/c32-26(13-11-23-7-3-1-4-8-23)29-17-15-25(16-18-29)28(34)31-21-19-30(20-22-31)27(33)14-12-24-9-5-2-6-10-24/h1,3-4,7-8,24-25H,2,5-6,9-22H2. The average molecular weight is 468 g/mol. The lowest BCUT2D eigenvalue weighted by Crippen LogP contribution is -2.53. The molecule has 3 aliphatic rings. The highest BCUT2D eigenvalue weighted by atomic mass is 16.2. The molecule has 0 spiro atoms. The molecule has 186 valence electrons. The summed E-state index contributed by atoms with van der Waals surface area (Å²) in [4.78, 5) is 44.1. The minimum Gasteiger partial charge on any atom is -0.343 e. The van der Waals surface area contributed by atoms with Crippen LogP contribution in [0.5, 0.6) is 0 Å². The third kappa shape index (κ3) is 6.83. The molecule has 0 unspecified atom stereocenters. The number of carbonyl (C=O) groups excluding carboxylic acids is 3. The fraction of sp³-hybridized carbons (Fsp3) is 0.679. The lowest BCUT2D eigenvalue weighted by Gasteiger charge is -2.38.